The molecule has 1 amide bonds. The second kappa shape index (κ2) is 6.47. The van der Waals surface area contributed by atoms with Gasteiger partial charge in [-0.25, -0.2) is 0 Å². The van der Waals surface area contributed by atoms with Gasteiger partial charge < -0.3 is 15.4 Å². The molecule has 92 valence electrons. The van der Waals surface area contributed by atoms with E-state index in [0.717, 1.165) is 0 Å². The number of ether oxygens (including phenoxy) is 1. The average Bonchev–Trinajstić information content (AvgIpc) is 2.20. The van der Waals surface area contributed by atoms with Gasteiger partial charge >= 0.3 is 0 Å². The van der Waals surface area contributed by atoms with Gasteiger partial charge in [-0.15, -0.1) is 0 Å². The third kappa shape index (κ3) is 4.18. The van der Waals surface area contributed by atoms with Gasteiger partial charge in [0.25, 0.3) is 5.91 Å². The topological polar surface area (TPSA) is 71.6 Å². The largest absolute Gasteiger partial charge is 0.368 e. The first-order valence-corrected chi connectivity index (χ1v) is 5.32. The van der Waals surface area contributed by atoms with Crippen molar-refractivity contribution in [2.24, 2.45) is 0 Å². The van der Waals surface area contributed by atoms with Crippen LogP contribution in [0.2, 0.25) is 0 Å². The van der Waals surface area contributed by atoms with E-state index >= 15 is 0 Å². The van der Waals surface area contributed by atoms with Crippen LogP contribution in [0.5, 0.6) is 0 Å². The molecule has 1 aliphatic heterocycles. The van der Waals surface area contributed by atoms with Crippen LogP contribution in [-0.4, -0.2) is 31.5 Å². The molecule has 0 spiro atoms. The average molecular weight is 229 g/mol. The lowest BCUT2D eigenvalue weighted by Gasteiger charge is -2.20. The summed E-state index contributed by atoms with van der Waals surface area (Å²) in [6.45, 7) is 6.27. The number of rotatable bonds is 4. The highest BCUT2D eigenvalue weighted by Gasteiger charge is 2.18. The Morgan fingerprint density at radius 2 is 2.19 bits per heavy atom. The van der Waals surface area contributed by atoms with Crippen molar-refractivity contribution >= 4 is 5.91 Å². The molecule has 1 atom stereocenters. The van der Waals surface area contributed by atoms with Crippen LogP contribution >= 0.6 is 0 Å². The Labute approximate surface area is 95.3 Å². The van der Waals surface area contributed by atoms with Crippen LogP contribution in [0, 0.1) is 0 Å². The maximum Gasteiger partial charge on any atom is 0.252 e. The van der Waals surface area contributed by atoms with Crippen LogP contribution in [0.3, 0.4) is 0 Å². The molecule has 0 aromatic rings. The molecule has 6 nitrogen and oxygen atoms in total. The molecule has 3 N–H and O–H groups in total. The van der Waals surface area contributed by atoms with E-state index < -0.39 is 0 Å². The Morgan fingerprint density at radius 1 is 1.44 bits per heavy atom. The van der Waals surface area contributed by atoms with E-state index in [9.17, 15) is 4.79 Å². The molecule has 1 rings (SSSR count). The van der Waals surface area contributed by atoms with Gasteiger partial charge in [-0.05, 0) is 20.8 Å². The number of hydrogen-bond donors (Lipinski definition) is 3. The Bertz CT molecular complexity index is 266. The lowest BCUT2D eigenvalue weighted by Crippen LogP contribution is -2.41. The summed E-state index contributed by atoms with van der Waals surface area (Å²) in [5.41, 5.74) is 3.41. The third-order valence-corrected chi connectivity index (χ3v) is 1.99. The first-order valence-electron chi connectivity index (χ1n) is 5.32. The highest BCUT2D eigenvalue weighted by Crippen LogP contribution is 2.03. The van der Waals surface area contributed by atoms with Gasteiger partial charge in [-0.1, -0.05) is 0 Å². The van der Waals surface area contributed by atoms with Gasteiger partial charge in [-0.2, -0.15) is 5.48 Å². The first kappa shape index (κ1) is 13.0. The van der Waals surface area contributed by atoms with E-state index in [-0.39, 0.29) is 24.8 Å². The number of nitrogens with one attached hydrogen (secondary N) is 3. The zero-order valence-electron chi connectivity index (χ0n) is 9.87. The van der Waals surface area contributed by atoms with Crippen LogP contribution in [-0.2, 0) is 14.4 Å². The zero-order chi connectivity index (χ0) is 12.0. The Balaban J connectivity index is 2.55. The monoisotopic (exact) mass is 229 g/mol. The maximum atomic E-state index is 11.7. The number of hydrogen-bond acceptors (Lipinski definition) is 5. The van der Waals surface area contributed by atoms with Crippen molar-refractivity contribution in [1.29, 1.82) is 0 Å². The second-order valence-electron chi connectivity index (χ2n) is 3.81. The molecule has 0 bridgehead atoms. The molecule has 1 heterocycles. The molecule has 0 fully saturated rings. The van der Waals surface area contributed by atoms with Crippen LogP contribution in [0.25, 0.3) is 0 Å². The molecule has 1 aliphatic rings. The quantitative estimate of drug-likeness (QED) is 0.584. The highest BCUT2D eigenvalue weighted by atomic mass is 16.7. The van der Waals surface area contributed by atoms with Gasteiger partial charge in [-0.3, -0.25) is 9.63 Å². The van der Waals surface area contributed by atoms with Gasteiger partial charge in [0.15, 0.2) is 0 Å². The Morgan fingerprint density at radius 3 is 2.88 bits per heavy atom. The maximum absolute atomic E-state index is 11.7. The zero-order valence-corrected chi connectivity index (χ0v) is 9.87. The van der Waals surface area contributed by atoms with E-state index in [2.05, 4.69) is 16.1 Å². The van der Waals surface area contributed by atoms with E-state index in [1.54, 1.807) is 6.20 Å². The molecule has 0 aromatic heterocycles. The van der Waals surface area contributed by atoms with Gasteiger partial charge in [0.05, 0.1) is 17.7 Å². The van der Waals surface area contributed by atoms with Crippen LogP contribution < -0.4 is 16.1 Å². The van der Waals surface area contributed by atoms with E-state index in [4.69, 9.17) is 9.57 Å². The summed E-state index contributed by atoms with van der Waals surface area (Å²) >= 11 is 0. The molecule has 6 heteroatoms. The lowest BCUT2D eigenvalue weighted by molar-refractivity contribution is -0.120. The molecule has 0 aromatic carbocycles. The van der Waals surface area contributed by atoms with Gasteiger partial charge in [0.2, 0.25) is 0 Å². The van der Waals surface area contributed by atoms with Crippen molar-refractivity contribution in [1.82, 2.24) is 16.1 Å². The summed E-state index contributed by atoms with van der Waals surface area (Å²) in [5, 5.41) is 5.53. The van der Waals surface area contributed by atoms with E-state index in [1.165, 1.54) is 0 Å². The Hall–Kier alpha value is -1.11. The van der Waals surface area contributed by atoms with Crippen molar-refractivity contribution in [3.63, 3.8) is 0 Å². The number of carbonyl (C=O) groups excluding carboxylic acids is 1. The molecular formula is C10H19N3O3. The number of hydroxylamine groups is 1. The van der Waals surface area contributed by atoms with Crippen molar-refractivity contribution in [3.8, 4) is 0 Å². The normalized spacial score (nSPS) is 22.5. The molecule has 1 unspecified atom stereocenters. The smallest absolute Gasteiger partial charge is 0.252 e. The molecule has 0 saturated heterocycles. The summed E-state index contributed by atoms with van der Waals surface area (Å²) in [4.78, 5) is 16.9. The Kier molecular flexibility index (Phi) is 5.24. The summed E-state index contributed by atoms with van der Waals surface area (Å²) in [5.74, 6) is -0.167. The van der Waals surface area contributed by atoms with Gasteiger partial charge in [0.1, 0.15) is 13.5 Å². The predicted molar refractivity (Wildman–Crippen MR) is 59.0 cm³/mol. The number of amides is 1. The lowest BCUT2D eigenvalue weighted by atomic mass is 10.1. The van der Waals surface area contributed by atoms with Crippen LogP contribution in [0.4, 0.5) is 0 Å². The molecule has 0 radical (unpaired) electrons. The fraction of sp³-hybridized carbons (Fsp3) is 0.700. The summed E-state index contributed by atoms with van der Waals surface area (Å²) < 4.78 is 5.03. The molecule has 16 heavy (non-hydrogen) atoms. The van der Waals surface area contributed by atoms with E-state index in [1.807, 2.05) is 20.8 Å². The minimum atomic E-state index is -0.187. The standard InChI is InChI=1S/C10H19N3O3/c1-7(2)16-13-8(3)9-4-11-5-15-6-12-10(9)14/h4,7-8,11,13H,5-6H2,1-3H3,(H,12,14)/b9-4-. The van der Waals surface area contributed by atoms with Crippen molar-refractivity contribution in [2.75, 3.05) is 13.5 Å². The molecular weight excluding hydrogens is 210 g/mol. The molecule has 0 aliphatic carbocycles. The highest BCUT2D eigenvalue weighted by molar-refractivity contribution is 5.94. The third-order valence-electron chi connectivity index (χ3n) is 1.99. The minimum Gasteiger partial charge on any atom is -0.368 e. The SMILES string of the molecule is CC(C)ONC(C)/C1=C/NCOCNC1=O. The van der Waals surface area contributed by atoms with Crippen molar-refractivity contribution < 1.29 is 14.4 Å². The summed E-state index contributed by atoms with van der Waals surface area (Å²) in [7, 11) is 0. The fourth-order valence-corrected chi connectivity index (χ4v) is 1.17. The van der Waals surface area contributed by atoms with Gasteiger partial charge in [0, 0.05) is 6.20 Å². The van der Waals surface area contributed by atoms with Crippen molar-refractivity contribution in [2.45, 2.75) is 32.9 Å². The second-order valence-corrected chi connectivity index (χ2v) is 3.81. The van der Waals surface area contributed by atoms with Crippen LogP contribution in [0.1, 0.15) is 20.8 Å². The van der Waals surface area contributed by atoms with E-state index in [0.29, 0.717) is 12.3 Å². The number of carbonyl (C=O) groups is 1. The predicted octanol–water partition coefficient (Wildman–Crippen LogP) is -0.161. The fourth-order valence-electron chi connectivity index (χ4n) is 1.17. The first-order chi connectivity index (χ1) is 7.61. The summed E-state index contributed by atoms with van der Waals surface area (Å²) in [6.07, 6.45) is 1.70. The minimum absolute atomic E-state index is 0.0657. The molecule has 0 saturated carbocycles. The summed E-state index contributed by atoms with van der Waals surface area (Å²) in [6, 6.07) is -0.187. The van der Waals surface area contributed by atoms with Crippen molar-refractivity contribution in [3.05, 3.63) is 11.8 Å². The van der Waals surface area contributed by atoms with Crippen LogP contribution in [0.15, 0.2) is 11.8 Å².